The zero-order valence-electron chi connectivity index (χ0n) is 17.1. The van der Waals surface area contributed by atoms with Gasteiger partial charge in [-0.2, -0.15) is 0 Å². The topological polar surface area (TPSA) is 49.4 Å². The van der Waals surface area contributed by atoms with Crippen LogP contribution >= 0.6 is 46.6 Å². The molecule has 8 heteroatoms. The van der Waals surface area contributed by atoms with E-state index in [9.17, 15) is 9.59 Å². The molecule has 0 unspecified atom stereocenters. The molecule has 0 bridgehead atoms. The standard InChI is InChI=1S/C24H17Cl3N2O2S/c1-13-9-14(2)11-17(10-13)28-21-22(32-18-6-3-15(25)4-7-18)24(31)29(23(21)30)20-8-5-16(26)12-19(20)27/h3-12,28H,1-2H3. The minimum atomic E-state index is -0.491. The van der Waals surface area contributed by atoms with Crippen molar-refractivity contribution in [3.8, 4) is 0 Å². The van der Waals surface area contributed by atoms with E-state index < -0.39 is 11.8 Å². The van der Waals surface area contributed by atoms with E-state index in [1.165, 1.54) is 17.8 Å². The van der Waals surface area contributed by atoms with Crippen molar-refractivity contribution in [1.82, 2.24) is 0 Å². The van der Waals surface area contributed by atoms with Crippen LogP contribution in [-0.4, -0.2) is 11.8 Å². The van der Waals surface area contributed by atoms with E-state index in [1.54, 1.807) is 36.4 Å². The molecule has 1 heterocycles. The number of imide groups is 1. The Morgan fingerprint density at radius 3 is 2.03 bits per heavy atom. The Morgan fingerprint density at radius 2 is 1.41 bits per heavy atom. The van der Waals surface area contributed by atoms with E-state index in [1.807, 2.05) is 32.0 Å². The summed E-state index contributed by atoms with van der Waals surface area (Å²) >= 11 is 19.5. The van der Waals surface area contributed by atoms with Crippen molar-refractivity contribution < 1.29 is 9.59 Å². The first-order chi connectivity index (χ1) is 15.2. The zero-order valence-corrected chi connectivity index (χ0v) is 20.2. The number of rotatable bonds is 5. The van der Waals surface area contributed by atoms with E-state index in [2.05, 4.69) is 5.32 Å². The van der Waals surface area contributed by atoms with Crippen molar-refractivity contribution in [2.45, 2.75) is 18.7 Å². The maximum atomic E-state index is 13.4. The fraction of sp³-hybridized carbons (Fsp3) is 0.0833. The van der Waals surface area contributed by atoms with Gasteiger partial charge in [0.05, 0.1) is 10.7 Å². The first-order valence-corrected chi connectivity index (χ1v) is 11.5. The van der Waals surface area contributed by atoms with E-state index >= 15 is 0 Å². The van der Waals surface area contributed by atoms with Crippen molar-refractivity contribution in [3.63, 3.8) is 0 Å². The van der Waals surface area contributed by atoms with Gasteiger partial charge in [-0.1, -0.05) is 52.6 Å². The Hall–Kier alpha value is -2.44. The molecule has 3 aromatic rings. The van der Waals surface area contributed by atoms with Crippen LogP contribution in [-0.2, 0) is 9.59 Å². The molecule has 162 valence electrons. The number of aryl methyl sites for hydroxylation is 2. The van der Waals surface area contributed by atoms with Gasteiger partial charge in [0.15, 0.2) is 0 Å². The molecule has 4 rings (SSSR count). The second-order valence-electron chi connectivity index (χ2n) is 7.30. The molecule has 1 aliphatic heterocycles. The number of carbonyl (C=O) groups is 2. The Bertz CT molecular complexity index is 1250. The Labute approximate surface area is 205 Å². The van der Waals surface area contributed by atoms with Gasteiger partial charge in [-0.05, 0) is 79.6 Å². The zero-order chi connectivity index (χ0) is 23.0. The second-order valence-corrected chi connectivity index (χ2v) is 9.67. The summed E-state index contributed by atoms with van der Waals surface area (Å²) in [6.45, 7) is 3.94. The number of carbonyl (C=O) groups excluding carboxylic acids is 2. The number of nitrogens with zero attached hydrogens (tertiary/aromatic N) is 1. The van der Waals surface area contributed by atoms with Crippen LogP contribution in [0.15, 0.2) is 76.2 Å². The molecule has 4 nitrogen and oxygen atoms in total. The van der Waals surface area contributed by atoms with Crippen molar-refractivity contribution >= 4 is 69.8 Å². The minimum absolute atomic E-state index is 0.186. The summed E-state index contributed by atoms with van der Waals surface area (Å²) in [4.78, 5) is 29.0. The maximum Gasteiger partial charge on any atom is 0.283 e. The fourth-order valence-electron chi connectivity index (χ4n) is 3.41. The Kier molecular flexibility index (Phi) is 6.54. The van der Waals surface area contributed by atoms with Crippen LogP contribution in [0.4, 0.5) is 11.4 Å². The Balaban J connectivity index is 1.78. The number of nitrogens with one attached hydrogen (secondary N) is 1. The van der Waals surface area contributed by atoms with Gasteiger partial charge in [0, 0.05) is 20.6 Å². The smallest absolute Gasteiger partial charge is 0.283 e. The molecule has 1 N–H and O–H groups in total. The number of benzene rings is 3. The van der Waals surface area contributed by atoms with Gasteiger partial charge in [-0.25, -0.2) is 4.90 Å². The monoisotopic (exact) mass is 502 g/mol. The number of hydrogen-bond acceptors (Lipinski definition) is 4. The Morgan fingerprint density at radius 1 is 0.781 bits per heavy atom. The second kappa shape index (κ2) is 9.20. The number of anilines is 2. The number of halogens is 3. The van der Waals surface area contributed by atoms with Crippen molar-refractivity contribution in [3.05, 3.63) is 97.5 Å². The largest absolute Gasteiger partial charge is 0.350 e. The molecule has 32 heavy (non-hydrogen) atoms. The highest BCUT2D eigenvalue weighted by Crippen LogP contribution is 2.40. The number of amides is 2. The molecule has 0 spiro atoms. The highest BCUT2D eigenvalue weighted by molar-refractivity contribution is 8.04. The highest BCUT2D eigenvalue weighted by atomic mass is 35.5. The SMILES string of the molecule is Cc1cc(C)cc(NC2=C(Sc3ccc(Cl)cc3)C(=O)N(c3ccc(Cl)cc3Cl)C2=O)c1. The summed E-state index contributed by atoms with van der Waals surface area (Å²) < 4.78 is 0. The van der Waals surface area contributed by atoms with Gasteiger partial charge in [0.25, 0.3) is 11.8 Å². The normalized spacial score (nSPS) is 13.8. The molecule has 0 saturated carbocycles. The summed E-state index contributed by atoms with van der Waals surface area (Å²) in [6, 6.07) is 17.6. The van der Waals surface area contributed by atoms with Crippen LogP contribution in [0, 0.1) is 13.8 Å². The van der Waals surface area contributed by atoms with Crippen LogP contribution in [0.25, 0.3) is 0 Å². The van der Waals surface area contributed by atoms with Gasteiger partial charge in [-0.3, -0.25) is 9.59 Å². The molecule has 0 atom stereocenters. The van der Waals surface area contributed by atoms with Crippen LogP contribution in [0.5, 0.6) is 0 Å². The predicted octanol–water partition coefficient (Wildman–Crippen LogP) is 7.25. The summed E-state index contributed by atoms with van der Waals surface area (Å²) in [5, 5.41) is 4.37. The minimum Gasteiger partial charge on any atom is -0.350 e. The average Bonchev–Trinajstić information content (AvgIpc) is 2.93. The lowest BCUT2D eigenvalue weighted by Gasteiger charge is -2.17. The molecular formula is C24H17Cl3N2O2S. The van der Waals surface area contributed by atoms with E-state index in [-0.39, 0.29) is 21.3 Å². The van der Waals surface area contributed by atoms with Gasteiger partial charge >= 0.3 is 0 Å². The third-order valence-corrected chi connectivity index (χ3v) is 6.60. The van der Waals surface area contributed by atoms with Crippen LogP contribution in [0.1, 0.15) is 11.1 Å². The van der Waals surface area contributed by atoms with Gasteiger partial charge < -0.3 is 5.32 Å². The lowest BCUT2D eigenvalue weighted by molar-refractivity contribution is -0.120. The summed E-state index contributed by atoms with van der Waals surface area (Å²) in [7, 11) is 0. The quantitative estimate of drug-likeness (QED) is 0.372. The fourth-order valence-corrected chi connectivity index (χ4v) is 4.95. The van der Waals surface area contributed by atoms with Gasteiger partial charge in [0.2, 0.25) is 0 Å². The van der Waals surface area contributed by atoms with Crippen molar-refractivity contribution in [2.24, 2.45) is 0 Å². The first-order valence-electron chi connectivity index (χ1n) is 9.60. The van der Waals surface area contributed by atoms with E-state index in [4.69, 9.17) is 34.8 Å². The molecule has 3 aromatic carbocycles. The molecular weight excluding hydrogens is 487 g/mol. The summed E-state index contributed by atoms with van der Waals surface area (Å²) in [6.07, 6.45) is 0. The van der Waals surface area contributed by atoms with Crippen LogP contribution in [0.2, 0.25) is 15.1 Å². The molecule has 2 amide bonds. The summed E-state index contributed by atoms with van der Waals surface area (Å²) in [5.41, 5.74) is 3.25. The van der Waals surface area contributed by atoms with E-state index in [0.29, 0.717) is 10.0 Å². The molecule has 0 aliphatic carbocycles. The third-order valence-electron chi connectivity index (χ3n) is 4.72. The van der Waals surface area contributed by atoms with Crippen LogP contribution in [0.3, 0.4) is 0 Å². The molecule has 0 radical (unpaired) electrons. The van der Waals surface area contributed by atoms with Crippen molar-refractivity contribution in [1.29, 1.82) is 0 Å². The highest BCUT2D eigenvalue weighted by Gasteiger charge is 2.41. The average molecular weight is 504 g/mol. The number of thioether (sulfide) groups is 1. The summed E-state index contributed by atoms with van der Waals surface area (Å²) in [5.74, 6) is -0.958. The predicted molar refractivity (Wildman–Crippen MR) is 133 cm³/mol. The molecule has 0 aromatic heterocycles. The van der Waals surface area contributed by atoms with Gasteiger partial charge in [0.1, 0.15) is 10.6 Å². The van der Waals surface area contributed by atoms with Gasteiger partial charge in [-0.15, -0.1) is 0 Å². The molecule has 1 aliphatic rings. The maximum absolute atomic E-state index is 13.4. The lowest BCUT2D eigenvalue weighted by Crippen LogP contribution is -2.32. The lowest BCUT2D eigenvalue weighted by atomic mass is 10.1. The van der Waals surface area contributed by atoms with Crippen LogP contribution < -0.4 is 10.2 Å². The molecule has 0 saturated heterocycles. The van der Waals surface area contributed by atoms with E-state index in [0.717, 1.165) is 26.6 Å². The molecule has 0 fully saturated rings. The first kappa shape index (κ1) is 22.7. The third kappa shape index (κ3) is 4.66. The number of hydrogen-bond donors (Lipinski definition) is 1. The van der Waals surface area contributed by atoms with Crippen molar-refractivity contribution in [2.75, 3.05) is 10.2 Å².